The van der Waals surface area contributed by atoms with Crippen LogP contribution in [0.3, 0.4) is 0 Å². The molecule has 0 aliphatic heterocycles. The highest BCUT2D eigenvalue weighted by atomic mass is 16.6. The zero-order valence-electron chi connectivity index (χ0n) is 53.2. The first kappa shape index (κ1) is 76.1. The Bertz CT molecular complexity index is 1210. The molecule has 6 nitrogen and oxygen atoms in total. The number of hydrogen-bond donors (Lipinski definition) is 0. The Hall–Kier alpha value is -1.85. The predicted octanol–water partition coefficient (Wildman–Crippen LogP) is 24.4. The van der Waals surface area contributed by atoms with Crippen LogP contribution < -0.4 is 0 Å². The number of unbranched alkanes of at least 4 members (excludes halogenated alkanes) is 54. The average molecular weight is 1100 g/mol. The van der Waals surface area contributed by atoms with Crippen LogP contribution in [0, 0.1) is 0 Å². The van der Waals surface area contributed by atoms with Gasteiger partial charge in [-0.15, -0.1) is 0 Å². The molecule has 0 bridgehead atoms. The molecule has 78 heavy (non-hydrogen) atoms. The van der Waals surface area contributed by atoms with Gasteiger partial charge in [0.05, 0.1) is 0 Å². The van der Waals surface area contributed by atoms with Crippen molar-refractivity contribution in [3.63, 3.8) is 0 Å². The standard InChI is InChI=1S/C72H138O6/c1-4-7-10-13-16-19-22-25-28-31-34-35-36-37-38-39-42-44-47-50-53-56-59-62-65-71(74)77-68-69(78-72(75)66-63-60-57-54-51-48-45-41-33-30-27-24-21-18-15-12-9-6-3)67-76-70(73)64-61-58-55-52-49-46-43-40-32-29-26-23-20-17-14-11-8-5-2/h30,33,69H,4-29,31-32,34-68H2,1-3H3/b33-30-. The minimum absolute atomic E-state index is 0.0647. The summed E-state index contributed by atoms with van der Waals surface area (Å²) in [4.78, 5) is 38.5. The van der Waals surface area contributed by atoms with E-state index in [1.807, 2.05) is 0 Å². The van der Waals surface area contributed by atoms with Gasteiger partial charge in [0.2, 0.25) is 0 Å². The Morgan fingerprint density at radius 2 is 0.423 bits per heavy atom. The first-order chi connectivity index (χ1) is 38.5. The van der Waals surface area contributed by atoms with Crippen molar-refractivity contribution < 1.29 is 28.6 Å². The zero-order chi connectivity index (χ0) is 56.4. The van der Waals surface area contributed by atoms with E-state index in [-0.39, 0.29) is 31.1 Å². The van der Waals surface area contributed by atoms with Crippen molar-refractivity contribution in [1.29, 1.82) is 0 Å². The smallest absolute Gasteiger partial charge is 0.306 e. The van der Waals surface area contributed by atoms with Crippen molar-refractivity contribution in [3.05, 3.63) is 12.2 Å². The third kappa shape index (κ3) is 65.0. The molecule has 0 heterocycles. The summed E-state index contributed by atoms with van der Waals surface area (Å²) in [5.74, 6) is -0.831. The second-order valence-corrected chi connectivity index (χ2v) is 24.5. The number of carbonyl (C=O) groups is 3. The Balaban J connectivity index is 4.26. The third-order valence-electron chi connectivity index (χ3n) is 16.5. The minimum Gasteiger partial charge on any atom is -0.462 e. The maximum atomic E-state index is 12.9. The summed E-state index contributed by atoms with van der Waals surface area (Å²) in [6.07, 6.45) is 81.0. The Morgan fingerprint density at radius 3 is 0.641 bits per heavy atom. The van der Waals surface area contributed by atoms with Crippen LogP contribution in [0.2, 0.25) is 0 Å². The van der Waals surface area contributed by atoms with Gasteiger partial charge in [0.1, 0.15) is 13.2 Å². The number of hydrogen-bond acceptors (Lipinski definition) is 6. The highest BCUT2D eigenvalue weighted by Gasteiger charge is 2.19. The normalized spacial score (nSPS) is 12.0. The number of allylic oxidation sites excluding steroid dienone is 2. The Kier molecular flexibility index (Phi) is 66.0. The highest BCUT2D eigenvalue weighted by molar-refractivity contribution is 5.71. The first-order valence-electron chi connectivity index (χ1n) is 35.7. The number of ether oxygens (including phenoxy) is 3. The Morgan fingerprint density at radius 1 is 0.244 bits per heavy atom. The van der Waals surface area contributed by atoms with Gasteiger partial charge in [0, 0.05) is 19.3 Å². The van der Waals surface area contributed by atoms with Crippen molar-refractivity contribution in [3.8, 4) is 0 Å². The average Bonchev–Trinajstić information content (AvgIpc) is 3.44. The van der Waals surface area contributed by atoms with Crippen LogP contribution in [0.25, 0.3) is 0 Å². The minimum atomic E-state index is -0.769. The molecule has 0 aromatic carbocycles. The fraction of sp³-hybridized carbons (Fsp3) is 0.931. The van der Waals surface area contributed by atoms with Gasteiger partial charge < -0.3 is 14.2 Å². The summed E-state index contributed by atoms with van der Waals surface area (Å²) in [6.45, 7) is 6.73. The van der Waals surface area contributed by atoms with Gasteiger partial charge in [-0.1, -0.05) is 360 Å². The third-order valence-corrected chi connectivity index (χ3v) is 16.5. The van der Waals surface area contributed by atoms with Gasteiger partial charge in [-0.25, -0.2) is 0 Å². The fourth-order valence-corrected chi connectivity index (χ4v) is 11.2. The fourth-order valence-electron chi connectivity index (χ4n) is 11.2. The molecule has 1 unspecified atom stereocenters. The first-order valence-corrected chi connectivity index (χ1v) is 35.7. The van der Waals surface area contributed by atoms with Crippen molar-refractivity contribution in [2.24, 2.45) is 0 Å². The second-order valence-electron chi connectivity index (χ2n) is 24.5. The number of esters is 3. The zero-order valence-corrected chi connectivity index (χ0v) is 53.2. The molecule has 0 saturated carbocycles. The lowest BCUT2D eigenvalue weighted by molar-refractivity contribution is -0.167. The topological polar surface area (TPSA) is 78.9 Å². The van der Waals surface area contributed by atoms with Crippen molar-refractivity contribution in [1.82, 2.24) is 0 Å². The molecule has 6 heteroatoms. The van der Waals surface area contributed by atoms with Gasteiger partial charge in [-0.05, 0) is 44.9 Å². The van der Waals surface area contributed by atoms with E-state index in [1.165, 1.54) is 315 Å². The van der Waals surface area contributed by atoms with Crippen LogP contribution in [0.5, 0.6) is 0 Å². The van der Waals surface area contributed by atoms with Crippen LogP contribution in [0.4, 0.5) is 0 Å². The molecule has 0 saturated heterocycles. The molecular weight excluding hydrogens is 961 g/mol. The van der Waals surface area contributed by atoms with Gasteiger partial charge in [0.25, 0.3) is 0 Å². The molecule has 0 rings (SSSR count). The lowest BCUT2D eigenvalue weighted by atomic mass is 10.0. The van der Waals surface area contributed by atoms with E-state index in [2.05, 4.69) is 32.9 Å². The van der Waals surface area contributed by atoms with E-state index < -0.39 is 6.10 Å². The van der Waals surface area contributed by atoms with E-state index >= 15 is 0 Å². The monoisotopic (exact) mass is 1100 g/mol. The van der Waals surface area contributed by atoms with Crippen LogP contribution >= 0.6 is 0 Å². The van der Waals surface area contributed by atoms with Crippen LogP contribution in [-0.4, -0.2) is 37.2 Å². The molecule has 0 spiro atoms. The van der Waals surface area contributed by atoms with Crippen LogP contribution in [-0.2, 0) is 28.6 Å². The molecular formula is C72H138O6. The summed E-state index contributed by atoms with van der Waals surface area (Å²) >= 11 is 0. The van der Waals surface area contributed by atoms with E-state index in [0.29, 0.717) is 19.3 Å². The second kappa shape index (κ2) is 67.7. The predicted molar refractivity (Wildman–Crippen MR) is 340 cm³/mol. The SMILES string of the molecule is CCCCCCCCC/C=C\CCCCCCCCCC(=O)OC(COC(=O)CCCCCCCCCCCCCCCCCCCC)COC(=O)CCCCCCCCCCCCCCCCCCCCCCCCCC. The van der Waals surface area contributed by atoms with Gasteiger partial charge in [-0.2, -0.15) is 0 Å². The lowest BCUT2D eigenvalue weighted by Crippen LogP contribution is -2.30. The molecule has 0 aliphatic rings. The van der Waals surface area contributed by atoms with E-state index in [9.17, 15) is 14.4 Å². The summed E-state index contributed by atoms with van der Waals surface area (Å²) in [5, 5.41) is 0. The van der Waals surface area contributed by atoms with Crippen molar-refractivity contribution >= 4 is 17.9 Å². The molecule has 0 amide bonds. The lowest BCUT2D eigenvalue weighted by Gasteiger charge is -2.18. The molecule has 462 valence electrons. The summed E-state index contributed by atoms with van der Waals surface area (Å²) in [7, 11) is 0. The Labute approximate surface area is 488 Å². The van der Waals surface area contributed by atoms with E-state index in [4.69, 9.17) is 14.2 Å². The maximum absolute atomic E-state index is 12.9. The van der Waals surface area contributed by atoms with Crippen LogP contribution in [0.1, 0.15) is 412 Å². The molecule has 0 aromatic rings. The number of rotatable bonds is 67. The molecule has 0 N–H and O–H groups in total. The number of carbonyl (C=O) groups excluding carboxylic acids is 3. The molecule has 0 aliphatic carbocycles. The molecule has 1 atom stereocenters. The quantitative estimate of drug-likeness (QED) is 0.0261. The molecule has 0 aromatic heterocycles. The van der Waals surface area contributed by atoms with Gasteiger partial charge in [0.15, 0.2) is 6.10 Å². The maximum Gasteiger partial charge on any atom is 0.306 e. The van der Waals surface area contributed by atoms with Gasteiger partial charge in [-0.3, -0.25) is 14.4 Å². The molecule has 0 fully saturated rings. The van der Waals surface area contributed by atoms with E-state index in [1.54, 1.807) is 0 Å². The summed E-state index contributed by atoms with van der Waals surface area (Å²) in [6, 6.07) is 0. The van der Waals surface area contributed by atoms with E-state index in [0.717, 1.165) is 57.8 Å². The summed E-state index contributed by atoms with van der Waals surface area (Å²) in [5.41, 5.74) is 0. The van der Waals surface area contributed by atoms with Crippen LogP contribution in [0.15, 0.2) is 12.2 Å². The summed E-state index contributed by atoms with van der Waals surface area (Å²) < 4.78 is 17.0. The largest absolute Gasteiger partial charge is 0.462 e. The molecule has 0 radical (unpaired) electrons. The highest BCUT2D eigenvalue weighted by Crippen LogP contribution is 2.19. The van der Waals surface area contributed by atoms with Gasteiger partial charge >= 0.3 is 17.9 Å². The van der Waals surface area contributed by atoms with Crippen molar-refractivity contribution in [2.75, 3.05) is 13.2 Å². The van der Waals surface area contributed by atoms with Crippen molar-refractivity contribution in [2.45, 2.75) is 419 Å².